The van der Waals surface area contributed by atoms with Gasteiger partial charge in [-0.05, 0) is 19.1 Å². The predicted octanol–water partition coefficient (Wildman–Crippen LogP) is 1.79. The van der Waals surface area contributed by atoms with Crippen molar-refractivity contribution in [3.8, 4) is 0 Å². The van der Waals surface area contributed by atoms with E-state index in [2.05, 4.69) is 15.4 Å². The van der Waals surface area contributed by atoms with Crippen LogP contribution in [0, 0.1) is 0 Å². The molecule has 0 unspecified atom stereocenters. The Labute approximate surface area is 119 Å². The second-order valence-electron chi connectivity index (χ2n) is 4.01. The van der Waals surface area contributed by atoms with Crippen molar-refractivity contribution in [3.05, 3.63) is 36.6 Å². The van der Waals surface area contributed by atoms with Gasteiger partial charge in [-0.15, -0.1) is 0 Å². The van der Waals surface area contributed by atoms with Crippen LogP contribution in [0.4, 0.5) is 0 Å². The van der Waals surface area contributed by atoms with Gasteiger partial charge in [-0.25, -0.2) is 0 Å². The molecular weight excluding hydrogens is 256 g/mol. The van der Waals surface area contributed by atoms with Crippen LogP contribution in [0.15, 0.2) is 41.0 Å². The van der Waals surface area contributed by atoms with Gasteiger partial charge in [-0.3, -0.25) is 4.79 Å². The summed E-state index contributed by atoms with van der Waals surface area (Å²) in [6.07, 6.45) is 1.70. The molecule has 110 valence electrons. The second kappa shape index (κ2) is 11.0. The van der Waals surface area contributed by atoms with E-state index in [-0.39, 0.29) is 0 Å². The molecule has 0 bridgehead atoms. The van der Waals surface area contributed by atoms with E-state index in [1.807, 2.05) is 30.3 Å². The van der Waals surface area contributed by atoms with Crippen LogP contribution in [-0.2, 0) is 9.53 Å². The van der Waals surface area contributed by atoms with Crippen molar-refractivity contribution in [1.29, 1.82) is 0 Å². The average Bonchev–Trinajstić information content (AvgIpc) is 3.00. The molecule has 2 aromatic rings. The minimum absolute atomic E-state index is 0.431. The molecule has 1 aliphatic rings. The van der Waals surface area contributed by atoms with E-state index in [1.165, 1.54) is 0 Å². The number of piperazine rings is 1. The normalized spacial score (nSPS) is 13.4. The van der Waals surface area contributed by atoms with Crippen LogP contribution in [0.1, 0.15) is 6.92 Å². The van der Waals surface area contributed by atoms with Gasteiger partial charge in [-0.2, -0.15) is 0 Å². The zero-order valence-electron chi connectivity index (χ0n) is 11.8. The maximum Gasteiger partial charge on any atom is 0.293 e. The maximum absolute atomic E-state index is 9.18. The zero-order chi connectivity index (χ0) is 14.5. The van der Waals surface area contributed by atoms with E-state index >= 15 is 0 Å². The van der Waals surface area contributed by atoms with Gasteiger partial charge in [0.1, 0.15) is 5.58 Å². The number of hydrogen-bond acceptors (Lipinski definition) is 5. The van der Waals surface area contributed by atoms with E-state index in [9.17, 15) is 4.79 Å². The Morgan fingerprint density at radius 1 is 1.15 bits per heavy atom. The number of carbonyl (C=O) groups excluding carboxylic acids is 1. The molecule has 5 heteroatoms. The minimum atomic E-state index is 0.431. The monoisotopic (exact) mass is 278 g/mol. The molecule has 1 aliphatic heterocycles. The number of nitrogens with one attached hydrogen (secondary N) is 2. The fraction of sp³-hybridized carbons (Fsp3) is 0.400. The standard InChI is InChI=1S/C8H6O.C4H10N2.C3H6O2/c1-2-4-8-7(3-1)5-6-9-8;1-2-6-4-3-5-1;1-2-5-3-4/h1-6H;5-6H,1-4H2;3H,2H2,1H3. The number of ether oxygens (including phenoxy) is 1. The minimum Gasteiger partial charge on any atom is -0.468 e. The van der Waals surface area contributed by atoms with Crippen LogP contribution >= 0.6 is 0 Å². The quantitative estimate of drug-likeness (QED) is 0.820. The molecular formula is C15H22N2O3. The Morgan fingerprint density at radius 3 is 2.25 bits per heavy atom. The van der Waals surface area contributed by atoms with Crippen LogP contribution < -0.4 is 10.6 Å². The largest absolute Gasteiger partial charge is 0.468 e. The highest BCUT2D eigenvalue weighted by Gasteiger charge is 1.91. The zero-order valence-corrected chi connectivity index (χ0v) is 11.8. The molecule has 2 N–H and O–H groups in total. The van der Waals surface area contributed by atoms with Crippen molar-refractivity contribution in [2.24, 2.45) is 0 Å². The topological polar surface area (TPSA) is 63.5 Å². The van der Waals surface area contributed by atoms with Gasteiger partial charge in [0.25, 0.3) is 6.47 Å². The van der Waals surface area contributed by atoms with Gasteiger partial charge in [0, 0.05) is 31.6 Å². The van der Waals surface area contributed by atoms with Crippen molar-refractivity contribution >= 4 is 17.4 Å². The summed E-state index contributed by atoms with van der Waals surface area (Å²) in [4.78, 5) is 9.18. The molecule has 0 aliphatic carbocycles. The molecule has 0 amide bonds. The lowest BCUT2D eigenvalue weighted by atomic mass is 10.3. The predicted molar refractivity (Wildman–Crippen MR) is 79.6 cm³/mol. The summed E-state index contributed by atoms with van der Waals surface area (Å²) >= 11 is 0. The van der Waals surface area contributed by atoms with Crippen LogP contribution in [0.2, 0.25) is 0 Å². The van der Waals surface area contributed by atoms with E-state index in [0.717, 1.165) is 37.1 Å². The molecule has 2 heterocycles. The third-order valence-electron chi connectivity index (χ3n) is 2.55. The Balaban J connectivity index is 0.000000160. The summed E-state index contributed by atoms with van der Waals surface area (Å²) < 4.78 is 9.27. The van der Waals surface area contributed by atoms with Gasteiger partial charge in [0.15, 0.2) is 0 Å². The lowest BCUT2D eigenvalue weighted by molar-refractivity contribution is -0.128. The summed E-state index contributed by atoms with van der Waals surface area (Å²) in [5.41, 5.74) is 0.956. The Kier molecular flexibility index (Phi) is 8.93. The van der Waals surface area contributed by atoms with Gasteiger partial charge in [-0.1, -0.05) is 18.2 Å². The van der Waals surface area contributed by atoms with Crippen LogP contribution in [0.3, 0.4) is 0 Å². The highest BCUT2D eigenvalue weighted by Crippen LogP contribution is 2.12. The fourth-order valence-electron chi connectivity index (χ4n) is 1.58. The molecule has 0 saturated carbocycles. The first-order valence-electron chi connectivity index (χ1n) is 6.77. The van der Waals surface area contributed by atoms with Crippen molar-refractivity contribution in [3.63, 3.8) is 0 Å². The first-order valence-corrected chi connectivity index (χ1v) is 6.77. The Hall–Kier alpha value is -1.85. The lowest BCUT2D eigenvalue weighted by Crippen LogP contribution is -2.39. The van der Waals surface area contributed by atoms with E-state index in [4.69, 9.17) is 4.42 Å². The summed E-state index contributed by atoms with van der Waals surface area (Å²) in [7, 11) is 0. The van der Waals surface area contributed by atoms with Crippen molar-refractivity contribution in [2.75, 3.05) is 32.8 Å². The summed E-state index contributed by atoms with van der Waals surface area (Å²) in [6.45, 7) is 7.22. The first-order chi connectivity index (χ1) is 9.88. The Bertz CT molecular complexity index is 425. The summed E-state index contributed by atoms with van der Waals surface area (Å²) in [5, 5.41) is 7.61. The van der Waals surface area contributed by atoms with Crippen molar-refractivity contribution in [2.45, 2.75) is 6.92 Å². The number of furan rings is 1. The molecule has 3 rings (SSSR count). The number of para-hydroxylation sites is 1. The third-order valence-corrected chi connectivity index (χ3v) is 2.55. The van der Waals surface area contributed by atoms with Crippen molar-refractivity contribution < 1.29 is 13.9 Å². The molecule has 20 heavy (non-hydrogen) atoms. The highest BCUT2D eigenvalue weighted by molar-refractivity contribution is 5.76. The maximum atomic E-state index is 9.18. The van der Waals surface area contributed by atoms with Crippen LogP contribution in [0.25, 0.3) is 11.0 Å². The number of benzene rings is 1. The third kappa shape index (κ3) is 6.92. The van der Waals surface area contributed by atoms with Gasteiger partial charge >= 0.3 is 0 Å². The van der Waals surface area contributed by atoms with Gasteiger partial charge in [0.05, 0.1) is 12.9 Å². The highest BCUT2D eigenvalue weighted by atomic mass is 16.5. The van der Waals surface area contributed by atoms with E-state index in [0.29, 0.717) is 13.1 Å². The SMILES string of the molecule is C1CNCCN1.CCOC=O.c1ccc2occc2c1. The first kappa shape index (κ1) is 16.2. The van der Waals surface area contributed by atoms with Crippen LogP contribution in [0.5, 0.6) is 0 Å². The fourth-order valence-corrected chi connectivity index (χ4v) is 1.58. The average molecular weight is 278 g/mol. The summed E-state index contributed by atoms with van der Waals surface area (Å²) in [5.74, 6) is 0. The molecule has 5 nitrogen and oxygen atoms in total. The number of fused-ring (bicyclic) bond motifs is 1. The van der Waals surface area contributed by atoms with Crippen LogP contribution in [-0.4, -0.2) is 39.3 Å². The molecule has 1 saturated heterocycles. The lowest BCUT2D eigenvalue weighted by Gasteiger charge is -2.11. The van der Waals surface area contributed by atoms with Gasteiger partial charge in [0.2, 0.25) is 0 Å². The Morgan fingerprint density at radius 2 is 1.80 bits per heavy atom. The number of carbonyl (C=O) groups is 1. The molecule has 0 spiro atoms. The molecule has 0 radical (unpaired) electrons. The number of rotatable bonds is 2. The van der Waals surface area contributed by atoms with Crippen molar-refractivity contribution in [1.82, 2.24) is 10.6 Å². The number of hydrogen-bond donors (Lipinski definition) is 2. The van der Waals surface area contributed by atoms with Gasteiger partial charge < -0.3 is 19.8 Å². The van der Waals surface area contributed by atoms with E-state index in [1.54, 1.807) is 13.2 Å². The molecule has 0 atom stereocenters. The molecule has 1 fully saturated rings. The molecule has 1 aromatic carbocycles. The second-order valence-corrected chi connectivity index (χ2v) is 4.01. The smallest absolute Gasteiger partial charge is 0.293 e. The molecule has 1 aromatic heterocycles. The summed E-state index contributed by atoms with van der Waals surface area (Å²) in [6, 6.07) is 9.90. The van der Waals surface area contributed by atoms with E-state index < -0.39 is 0 Å².